The third-order valence-electron chi connectivity index (χ3n) is 4.80. The lowest BCUT2D eigenvalue weighted by Crippen LogP contribution is -2.17. The van der Waals surface area contributed by atoms with E-state index in [0.29, 0.717) is 23.8 Å². The Labute approximate surface area is 167 Å². The Balaban J connectivity index is 1.89. The highest BCUT2D eigenvalue weighted by Crippen LogP contribution is 2.36. The van der Waals surface area contributed by atoms with E-state index >= 15 is 0 Å². The van der Waals surface area contributed by atoms with E-state index in [1.54, 1.807) is 31.3 Å². The van der Waals surface area contributed by atoms with Crippen LogP contribution in [-0.4, -0.2) is 35.6 Å². The largest absolute Gasteiger partial charge is 0.491 e. The molecule has 0 aliphatic carbocycles. The van der Waals surface area contributed by atoms with Gasteiger partial charge in [-0.05, 0) is 24.6 Å². The van der Waals surface area contributed by atoms with Crippen molar-refractivity contribution < 1.29 is 13.9 Å². The van der Waals surface area contributed by atoms with Gasteiger partial charge in [-0.15, -0.1) is 0 Å². The summed E-state index contributed by atoms with van der Waals surface area (Å²) in [4.78, 5) is 16.9. The minimum absolute atomic E-state index is 0.177. The predicted molar refractivity (Wildman–Crippen MR) is 111 cm³/mol. The van der Waals surface area contributed by atoms with Crippen molar-refractivity contribution in [2.75, 3.05) is 30.8 Å². The van der Waals surface area contributed by atoms with Crippen LogP contribution in [0.5, 0.6) is 5.75 Å². The van der Waals surface area contributed by atoms with Gasteiger partial charge in [0.15, 0.2) is 11.3 Å². The lowest BCUT2D eigenvalue weighted by molar-refractivity contribution is 0.191. The first-order valence-electron chi connectivity index (χ1n) is 9.25. The van der Waals surface area contributed by atoms with Crippen LogP contribution in [0.25, 0.3) is 22.2 Å². The highest BCUT2D eigenvalue weighted by molar-refractivity contribution is 8.00. The molecule has 8 heteroatoms. The van der Waals surface area contributed by atoms with Gasteiger partial charge in [-0.25, -0.2) is 4.98 Å². The Bertz CT molecular complexity index is 1050. The first kappa shape index (κ1) is 18.9. The van der Waals surface area contributed by atoms with E-state index < -0.39 is 0 Å². The van der Waals surface area contributed by atoms with Crippen LogP contribution in [-0.2, 0) is 11.8 Å². The van der Waals surface area contributed by atoms with E-state index in [2.05, 4.69) is 11.6 Å². The van der Waals surface area contributed by atoms with Crippen LogP contribution in [0, 0.1) is 0 Å². The van der Waals surface area contributed by atoms with E-state index in [-0.39, 0.29) is 11.5 Å². The van der Waals surface area contributed by atoms with Crippen LogP contribution in [0.15, 0.2) is 33.6 Å². The molecule has 1 N–H and O–H groups in total. The second-order valence-corrected chi connectivity index (χ2v) is 7.80. The minimum atomic E-state index is -0.181. The van der Waals surface area contributed by atoms with Crippen LogP contribution < -0.4 is 15.0 Å². The number of oxazole rings is 1. The van der Waals surface area contributed by atoms with Gasteiger partial charge in [-0.2, -0.15) is 0 Å². The molecule has 0 bridgehead atoms. The average molecular weight is 401 g/mol. The van der Waals surface area contributed by atoms with Gasteiger partial charge in [0, 0.05) is 42.4 Å². The Morgan fingerprint density at radius 3 is 2.96 bits per heavy atom. The summed E-state index contributed by atoms with van der Waals surface area (Å²) < 4.78 is 21.8. The number of fused-ring (bicyclic) bond motifs is 1. The number of benzene rings is 1. The number of aromatic nitrogens is 2. The fourth-order valence-corrected chi connectivity index (χ4v) is 3.79. The normalized spacial score (nSPS) is 16.6. The molecule has 1 unspecified atom stereocenters. The summed E-state index contributed by atoms with van der Waals surface area (Å²) >= 11 is 1.61. The quantitative estimate of drug-likeness (QED) is 0.630. The minimum Gasteiger partial charge on any atom is -0.491 e. The number of nitrogens with one attached hydrogen (secondary N) is 1. The second kappa shape index (κ2) is 7.89. The molecule has 148 valence electrons. The van der Waals surface area contributed by atoms with Crippen molar-refractivity contribution in [3.63, 3.8) is 0 Å². The Morgan fingerprint density at radius 2 is 2.25 bits per heavy atom. The molecule has 1 saturated heterocycles. The molecule has 2 aromatic heterocycles. The number of rotatable bonds is 6. The SMILES string of the molecule is CCSNc1cc(-c2cc(OC)c(=O)n(C)c2)c2oc(C3CCOC3)nc2c1. The fraction of sp³-hybridized carbons (Fsp3) is 0.400. The molecule has 0 saturated carbocycles. The van der Waals surface area contributed by atoms with Gasteiger partial charge < -0.3 is 23.2 Å². The summed E-state index contributed by atoms with van der Waals surface area (Å²) in [5.41, 5.74) is 3.94. The summed E-state index contributed by atoms with van der Waals surface area (Å²) in [5.74, 6) is 2.10. The Morgan fingerprint density at radius 1 is 1.39 bits per heavy atom. The zero-order valence-corrected chi connectivity index (χ0v) is 17.0. The maximum Gasteiger partial charge on any atom is 0.292 e. The number of aryl methyl sites for hydroxylation is 1. The molecule has 1 fully saturated rings. The fourth-order valence-electron chi connectivity index (χ4n) is 3.36. The molecule has 4 rings (SSSR count). The Kier molecular flexibility index (Phi) is 5.32. The summed E-state index contributed by atoms with van der Waals surface area (Å²) in [6.45, 7) is 3.45. The van der Waals surface area contributed by atoms with Gasteiger partial charge in [-0.1, -0.05) is 18.9 Å². The molecule has 3 aromatic rings. The number of pyridine rings is 1. The summed E-state index contributed by atoms with van der Waals surface area (Å²) in [6, 6.07) is 5.75. The van der Waals surface area contributed by atoms with Crippen molar-refractivity contribution in [1.29, 1.82) is 0 Å². The van der Waals surface area contributed by atoms with Gasteiger partial charge in [-0.3, -0.25) is 4.79 Å². The van der Waals surface area contributed by atoms with Gasteiger partial charge in [0.1, 0.15) is 5.52 Å². The van der Waals surface area contributed by atoms with E-state index in [1.165, 1.54) is 11.7 Å². The van der Waals surface area contributed by atoms with E-state index in [1.807, 2.05) is 12.1 Å². The van der Waals surface area contributed by atoms with Gasteiger partial charge in [0.25, 0.3) is 5.56 Å². The molecule has 3 heterocycles. The summed E-state index contributed by atoms with van der Waals surface area (Å²) in [7, 11) is 3.21. The van der Waals surface area contributed by atoms with Crippen molar-refractivity contribution in [1.82, 2.24) is 9.55 Å². The van der Waals surface area contributed by atoms with Crippen LogP contribution in [0.4, 0.5) is 5.69 Å². The highest BCUT2D eigenvalue weighted by atomic mass is 32.2. The van der Waals surface area contributed by atoms with Crippen LogP contribution in [0.2, 0.25) is 0 Å². The van der Waals surface area contributed by atoms with Gasteiger partial charge >= 0.3 is 0 Å². The first-order valence-corrected chi connectivity index (χ1v) is 10.2. The molecule has 1 aliphatic heterocycles. The number of nitrogens with zero attached hydrogens (tertiary/aromatic N) is 2. The topological polar surface area (TPSA) is 78.5 Å². The molecule has 7 nitrogen and oxygen atoms in total. The lowest BCUT2D eigenvalue weighted by Gasteiger charge is -2.10. The third kappa shape index (κ3) is 3.49. The van der Waals surface area contributed by atoms with E-state index in [9.17, 15) is 4.79 Å². The zero-order valence-electron chi connectivity index (χ0n) is 16.2. The molecule has 28 heavy (non-hydrogen) atoms. The predicted octanol–water partition coefficient (Wildman–Crippen LogP) is 3.79. The Hall–Kier alpha value is -2.45. The van der Waals surface area contributed by atoms with Crippen LogP contribution in [0.3, 0.4) is 0 Å². The number of ether oxygens (including phenoxy) is 2. The summed E-state index contributed by atoms with van der Waals surface area (Å²) in [5, 5.41) is 0. The van der Waals surface area contributed by atoms with Gasteiger partial charge in [0.2, 0.25) is 5.89 Å². The van der Waals surface area contributed by atoms with Crippen molar-refractivity contribution in [3.8, 4) is 16.9 Å². The van der Waals surface area contributed by atoms with E-state index in [0.717, 1.165) is 41.1 Å². The van der Waals surface area contributed by atoms with Crippen molar-refractivity contribution >= 4 is 28.7 Å². The number of anilines is 1. The molecular weight excluding hydrogens is 378 g/mol. The standard InChI is InChI=1S/C20H23N3O4S/c1-4-28-22-14-8-15(13-7-17(25-3)20(24)23(2)10-13)18-16(9-14)21-19(27-18)12-5-6-26-11-12/h7-10,12,22H,4-6,11H2,1-3H3. The zero-order chi connectivity index (χ0) is 19.7. The lowest BCUT2D eigenvalue weighted by atomic mass is 10.1. The molecule has 1 aliphatic rings. The number of methoxy groups -OCH3 is 1. The monoisotopic (exact) mass is 401 g/mol. The molecule has 1 aromatic carbocycles. The third-order valence-corrected chi connectivity index (χ3v) is 5.47. The molecule has 1 atom stereocenters. The number of hydrogen-bond donors (Lipinski definition) is 1. The molecule has 0 amide bonds. The first-order chi connectivity index (χ1) is 13.6. The molecule has 0 radical (unpaired) electrons. The molecule has 0 spiro atoms. The van der Waals surface area contributed by atoms with E-state index in [4.69, 9.17) is 18.9 Å². The second-order valence-electron chi connectivity index (χ2n) is 6.73. The van der Waals surface area contributed by atoms with Crippen LogP contribution >= 0.6 is 11.9 Å². The van der Waals surface area contributed by atoms with Crippen molar-refractivity contribution in [2.45, 2.75) is 19.3 Å². The number of hydrogen-bond acceptors (Lipinski definition) is 7. The summed E-state index contributed by atoms with van der Waals surface area (Å²) in [6.07, 6.45) is 2.70. The van der Waals surface area contributed by atoms with Crippen molar-refractivity contribution in [3.05, 3.63) is 40.6 Å². The average Bonchev–Trinajstić information content (AvgIpc) is 3.37. The smallest absolute Gasteiger partial charge is 0.292 e. The van der Waals surface area contributed by atoms with Gasteiger partial charge in [0.05, 0.1) is 19.6 Å². The maximum absolute atomic E-state index is 12.2. The van der Waals surface area contributed by atoms with Crippen molar-refractivity contribution in [2.24, 2.45) is 7.05 Å². The highest BCUT2D eigenvalue weighted by Gasteiger charge is 2.24. The molecular formula is C20H23N3O4S. The van der Waals surface area contributed by atoms with Crippen LogP contribution in [0.1, 0.15) is 25.2 Å². The maximum atomic E-state index is 12.2.